The van der Waals surface area contributed by atoms with Crippen LogP contribution in [0.25, 0.3) is 0 Å². The second-order valence-electron chi connectivity index (χ2n) is 4.00. The van der Waals surface area contributed by atoms with Crippen LogP contribution in [0, 0.1) is 5.92 Å². The highest BCUT2D eigenvalue weighted by atomic mass is 35.5. The number of carbonyl (C=O) groups is 2. The molecule has 2 rings (SSSR count). The first-order valence-electron chi connectivity index (χ1n) is 5.04. The van der Waals surface area contributed by atoms with Gasteiger partial charge in [0.1, 0.15) is 0 Å². The first-order chi connectivity index (χ1) is 7.91. The lowest BCUT2D eigenvalue weighted by Gasteiger charge is -2.23. The summed E-state index contributed by atoms with van der Waals surface area (Å²) in [5.74, 6) is -1.93. The van der Waals surface area contributed by atoms with Crippen LogP contribution in [0.15, 0.2) is 39.0 Å². The smallest absolute Gasteiger partial charge is 0.354 e. The number of fused-ring (bicyclic) bond motifs is 1. The molecule has 0 amide bonds. The highest BCUT2D eigenvalue weighted by Gasteiger charge is 2.33. The van der Waals surface area contributed by atoms with Crippen LogP contribution >= 0.6 is 11.6 Å². The summed E-state index contributed by atoms with van der Waals surface area (Å²) < 4.78 is 0. The maximum atomic E-state index is 12.0. The Bertz CT molecular complexity index is 552. The van der Waals surface area contributed by atoms with Crippen molar-refractivity contribution < 1.29 is 14.7 Å². The van der Waals surface area contributed by atoms with Gasteiger partial charge in [0.25, 0.3) is 0 Å². The van der Waals surface area contributed by atoms with Gasteiger partial charge in [0.05, 0.1) is 11.6 Å². The normalized spacial score (nSPS) is 23.8. The third-order valence-electron chi connectivity index (χ3n) is 2.84. The molecule has 5 heteroatoms. The van der Waals surface area contributed by atoms with Gasteiger partial charge in [-0.15, -0.1) is 0 Å². The van der Waals surface area contributed by atoms with Crippen LogP contribution < -0.4 is 0 Å². The lowest BCUT2D eigenvalue weighted by Crippen LogP contribution is -2.30. The fourth-order valence-corrected chi connectivity index (χ4v) is 2.01. The molecule has 2 aliphatic rings. The van der Waals surface area contributed by atoms with Gasteiger partial charge in [-0.2, -0.15) is 0 Å². The minimum atomic E-state index is -1.20. The van der Waals surface area contributed by atoms with Crippen molar-refractivity contribution in [2.75, 3.05) is 0 Å². The number of hydrogen-bond donors (Lipinski definition) is 1. The van der Waals surface area contributed by atoms with E-state index >= 15 is 0 Å². The number of carbonyl (C=O) groups excluding carboxylic acids is 1. The van der Waals surface area contributed by atoms with Gasteiger partial charge in [0.15, 0.2) is 11.5 Å². The average molecular weight is 252 g/mol. The number of aliphatic carboxylic acids is 1. The molecule has 4 nitrogen and oxygen atoms in total. The molecular weight excluding hydrogens is 242 g/mol. The molecule has 0 aromatic heterocycles. The van der Waals surface area contributed by atoms with E-state index in [1.165, 1.54) is 6.92 Å². The Morgan fingerprint density at radius 3 is 2.71 bits per heavy atom. The number of halogens is 1. The maximum absolute atomic E-state index is 12.0. The molecule has 0 aromatic rings. The van der Waals surface area contributed by atoms with Gasteiger partial charge in [0, 0.05) is 10.6 Å². The van der Waals surface area contributed by atoms with Crippen LogP contribution in [0.3, 0.4) is 0 Å². The first-order valence-corrected chi connectivity index (χ1v) is 5.42. The van der Waals surface area contributed by atoms with Crippen LogP contribution in [0.4, 0.5) is 0 Å². The SMILES string of the molecule is CC1=CC2C(=O)C(C)=C(C(=O)O)N=C2C=C1Cl. The summed E-state index contributed by atoms with van der Waals surface area (Å²) >= 11 is 5.94. The lowest BCUT2D eigenvalue weighted by atomic mass is 9.85. The summed E-state index contributed by atoms with van der Waals surface area (Å²) in [6.45, 7) is 3.28. The molecular formula is C12H10ClNO3. The van der Waals surface area contributed by atoms with Gasteiger partial charge in [-0.3, -0.25) is 4.79 Å². The second-order valence-corrected chi connectivity index (χ2v) is 4.41. The summed E-state index contributed by atoms with van der Waals surface area (Å²) in [5.41, 5.74) is 1.18. The number of Topliss-reactive ketones (excluding diaryl/α,β-unsaturated/α-hetero) is 1. The number of carboxylic acid groups (broad SMARTS) is 1. The summed E-state index contributed by atoms with van der Waals surface area (Å²) in [6, 6.07) is 0. The Morgan fingerprint density at radius 2 is 2.12 bits per heavy atom. The second kappa shape index (κ2) is 3.96. The fraction of sp³-hybridized carbons (Fsp3) is 0.250. The molecule has 0 spiro atoms. The number of aliphatic imine (C=N–C) groups is 1. The molecule has 1 heterocycles. The van der Waals surface area contributed by atoms with Crippen LogP contribution in [-0.2, 0) is 9.59 Å². The molecule has 0 saturated carbocycles. The van der Waals surface area contributed by atoms with Crippen LogP contribution in [-0.4, -0.2) is 22.6 Å². The van der Waals surface area contributed by atoms with Gasteiger partial charge >= 0.3 is 5.97 Å². The van der Waals surface area contributed by atoms with Gasteiger partial charge in [0.2, 0.25) is 0 Å². The van der Waals surface area contributed by atoms with Crippen LogP contribution in [0.2, 0.25) is 0 Å². The van der Waals surface area contributed by atoms with Crippen molar-refractivity contribution in [1.29, 1.82) is 0 Å². The molecule has 0 aromatic carbocycles. The van der Waals surface area contributed by atoms with Gasteiger partial charge < -0.3 is 5.11 Å². The Morgan fingerprint density at radius 1 is 1.47 bits per heavy atom. The largest absolute Gasteiger partial charge is 0.477 e. The first kappa shape index (κ1) is 11.8. The molecule has 1 aliphatic heterocycles. The average Bonchev–Trinajstić information content (AvgIpc) is 2.26. The molecule has 1 atom stereocenters. The van der Waals surface area contributed by atoms with Crippen LogP contribution in [0.1, 0.15) is 13.8 Å². The molecule has 1 aliphatic carbocycles. The highest BCUT2D eigenvalue weighted by molar-refractivity contribution is 6.36. The predicted molar refractivity (Wildman–Crippen MR) is 64.0 cm³/mol. The predicted octanol–water partition coefficient (Wildman–Crippen LogP) is 2.07. The lowest BCUT2D eigenvalue weighted by molar-refractivity contribution is -0.133. The van der Waals surface area contributed by atoms with Crippen molar-refractivity contribution in [3.05, 3.63) is 34.0 Å². The summed E-state index contributed by atoms with van der Waals surface area (Å²) in [6.07, 6.45) is 3.26. The molecule has 1 unspecified atom stereocenters. The number of carboxylic acids is 1. The minimum absolute atomic E-state index is 0.182. The van der Waals surface area contributed by atoms with Crippen molar-refractivity contribution >= 4 is 29.1 Å². The number of allylic oxidation sites excluding steroid dienone is 5. The summed E-state index contributed by atoms with van der Waals surface area (Å²) in [4.78, 5) is 26.9. The number of nitrogens with zero attached hydrogens (tertiary/aromatic N) is 1. The Labute approximate surface area is 103 Å². The standard InChI is InChI=1S/C12H10ClNO3/c1-5-3-7-9(4-8(5)13)14-10(12(16)17)6(2)11(7)15/h3-4,7H,1-2H3,(H,16,17). The molecule has 0 bridgehead atoms. The third-order valence-corrected chi connectivity index (χ3v) is 3.24. The Hall–Kier alpha value is -1.68. The van der Waals surface area contributed by atoms with E-state index < -0.39 is 11.9 Å². The van der Waals surface area contributed by atoms with E-state index in [4.69, 9.17) is 16.7 Å². The van der Waals surface area contributed by atoms with E-state index in [1.54, 1.807) is 19.1 Å². The van der Waals surface area contributed by atoms with Crippen molar-refractivity contribution in [1.82, 2.24) is 0 Å². The molecule has 0 fully saturated rings. The van der Waals surface area contributed by atoms with E-state index in [0.717, 1.165) is 5.57 Å². The maximum Gasteiger partial charge on any atom is 0.354 e. The Balaban J connectivity index is 2.57. The van der Waals surface area contributed by atoms with Gasteiger partial charge in [-0.05, 0) is 25.5 Å². The molecule has 0 radical (unpaired) electrons. The summed E-state index contributed by atoms with van der Waals surface area (Å²) in [7, 11) is 0. The van der Waals surface area contributed by atoms with Crippen molar-refractivity contribution in [3.63, 3.8) is 0 Å². The third kappa shape index (κ3) is 1.85. The Kier molecular flexibility index (Phi) is 2.75. The van der Waals surface area contributed by atoms with E-state index in [0.29, 0.717) is 10.7 Å². The van der Waals surface area contributed by atoms with E-state index in [-0.39, 0.29) is 17.1 Å². The van der Waals surface area contributed by atoms with E-state index in [1.807, 2.05) is 0 Å². The zero-order valence-corrected chi connectivity index (χ0v) is 10.1. The van der Waals surface area contributed by atoms with E-state index in [9.17, 15) is 9.59 Å². The molecule has 1 N–H and O–H groups in total. The number of hydrogen-bond acceptors (Lipinski definition) is 3. The van der Waals surface area contributed by atoms with Crippen molar-refractivity contribution in [2.45, 2.75) is 13.8 Å². The van der Waals surface area contributed by atoms with E-state index in [2.05, 4.69) is 4.99 Å². The van der Waals surface area contributed by atoms with Gasteiger partial charge in [-0.1, -0.05) is 17.7 Å². The van der Waals surface area contributed by atoms with Crippen molar-refractivity contribution in [2.24, 2.45) is 10.9 Å². The number of rotatable bonds is 1. The monoisotopic (exact) mass is 251 g/mol. The van der Waals surface area contributed by atoms with Gasteiger partial charge in [-0.25, -0.2) is 9.79 Å². The fourth-order valence-electron chi connectivity index (χ4n) is 1.83. The zero-order valence-electron chi connectivity index (χ0n) is 9.32. The minimum Gasteiger partial charge on any atom is -0.477 e. The topological polar surface area (TPSA) is 66.7 Å². The molecule has 88 valence electrons. The number of ketones is 1. The van der Waals surface area contributed by atoms with Crippen molar-refractivity contribution in [3.8, 4) is 0 Å². The zero-order chi connectivity index (χ0) is 12.7. The molecule has 17 heavy (non-hydrogen) atoms. The molecule has 0 saturated heterocycles. The highest BCUT2D eigenvalue weighted by Crippen LogP contribution is 2.30. The van der Waals surface area contributed by atoms with Crippen LogP contribution in [0.5, 0.6) is 0 Å². The quantitative estimate of drug-likeness (QED) is 0.776. The summed E-state index contributed by atoms with van der Waals surface area (Å²) in [5, 5.41) is 9.43.